The van der Waals surface area contributed by atoms with Crippen LogP contribution >= 0.6 is 0 Å². The van der Waals surface area contributed by atoms with Gasteiger partial charge in [0.25, 0.3) is 0 Å². The van der Waals surface area contributed by atoms with Crippen LogP contribution in [0.1, 0.15) is 13.8 Å². The first kappa shape index (κ1) is 7.19. The van der Waals surface area contributed by atoms with Crippen LogP contribution in [0.3, 0.4) is 0 Å². The molecule has 0 atom stereocenters. The fourth-order valence-corrected chi connectivity index (χ4v) is 0.268. The van der Waals surface area contributed by atoms with Gasteiger partial charge in [-0.05, 0) is 18.4 Å². The van der Waals surface area contributed by atoms with Crippen LogP contribution in [0.15, 0.2) is 23.8 Å². The lowest BCUT2D eigenvalue weighted by Crippen LogP contribution is -1.74. The summed E-state index contributed by atoms with van der Waals surface area (Å²) in [6.45, 7) is 7.50. The average Bonchev–Trinajstić information content (AvgIpc) is 1.66. The zero-order valence-electron chi connectivity index (χ0n) is 5.39. The van der Waals surface area contributed by atoms with Crippen LogP contribution in [0.5, 0.6) is 0 Å². The minimum absolute atomic E-state index is 0.562. The van der Waals surface area contributed by atoms with Crippen molar-refractivity contribution in [2.45, 2.75) is 13.8 Å². The standard InChI is InChI=1S/C7H11N/c1-4-8-6-5-7(2)3/h5-7H,1H2,2-3H3/b6-5-. The molecule has 0 N–H and O–H groups in total. The highest BCUT2D eigenvalue weighted by Gasteiger charge is 1.78. The number of hydrogen-bond donors (Lipinski definition) is 0. The third-order valence-electron chi connectivity index (χ3n) is 0.637. The van der Waals surface area contributed by atoms with Gasteiger partial charge >= 0.3 is 0 Å². The molecule has 44 valence electrons. The van der Waals surface area contributed by atoms with Crippen molar-refractivity contribution in [2.75, 3.05) is 0 Å². The lowest BCUT2D eigenvalue weighted by atomic mass is 10.2. The summed E-state index contributed by atoms with van der Waals surface area (Å²) in [7, 11) is 0. The SMILES string of the molecule is C=C=N/C=C\C(C)C. The Hall–Kier alpha value is -0.810. The Labute approximate surface area is 50.4 Å². The van der Waals surface area contributed by atoms with Crippen molar-refractivity contribution in [1.29, 1.82) is 0 Å². The van der Waals surface area contributed by atoms with E-state index in [1.165, 1.54) is 0 Å². The summed E-state index contributed by atoms with van der Waals surface area (Å²) in [6, 6.07) is 0. The Kier molecular flexibility index (Phi) is 3.91. The molecule has 0 amide bonds. The molecule has 0 saturated heterocycles. The summed E-state index contributed by atoms with van der Waals surface area (Å²) in [5.74, 6) is 2.97. The highest BCUT2D eigenvalue weighted by Crippen LogP contribution is 1.91. The number of hydrogen-bond acceptors (Lipinski definition) is 1. The van der Waals surface area contributed by atoms with E-state index in [0.717, 1.165) is 0 Å². The smallest absolute Gasteiger partial charge is 0.0330 e. The van der Waals surface area contributed by atoms with Crippen molar-refractivity contribution >= 4 is 5.87 Å². The van der Waals surface area contributed by atoms with Crippen LogP contribution in [0.4, 0.5) is 0 Å². The fourth-order valence-electron chi connectivity index (χ4n) is 0.268. The predicted octanol–water partition coefficient (Wildman–Crippen LogP) is 2.01. The molecule has 1 nitrogen and oxygen atoms in total. The van der Waals surface area contributed by atoms with Crippen LogP contribution in [0, 0.1) is 5.92 Å². The average molecular weight is 109 g/mol. The predicted molar refractivity (Wildman–Crippen MR) is 37.0 cm³/mol. The molecule has 0 fully saturated rings. The van der Waals surface area contributed by atoms with E-state index in [1.54, 1.807) is 6.20 Å². The van der Waals surface area contributed by atoms with Gasteiger partial charge in [0.15, 0.2) is 0 Å². The molecule has 8 heavy (non-hydrogen) atoms. The molecular weight excluding hydrogens is 98.1 g/mol. The summed E-state index contributed by atoms with van der Waals surface area (Å²) in [5, 5.41) is 0. The minimum atomic E-state index is 0.562. The normalized spacial score (nSPS) is 9.88. The maximum atomic E-state index is 3.67. The largest absolute Gasteiger partial charge is 0.215 e. The molecular formula is C7H11N. The third kappa shape index (κ3) is 5.19. The van der Waals surface area contributed by atoms with Gasteiger partial charge in [-0.1, -0.05) is 19.9 Å². The molecule has 0 saturated carbocycles. The third-order valence-corrected chi connectivity index (χ3v) is 0.637. The topological polar surface area (TPSA) is 12.4 Å². The van der Waals surface area contributed by atoms with Crippen LogP contribution in [0.25, 0.3) is 0 Å². The molecule has 0 aliphatic heterocycles. The molecule has 0 aliphatic carbocycles. The number of aliphatic imine (C=N–C) groups is 1. The number of rotatable bonds is 2. The molecule has 0 aliphatic rings. The summed E-state index contributed by atoms with van der Waals surface area (Å²) in [6.07, 6.45) is 3.69. The van der Waals surface area contributed by atoms with E-state index in [1.807, 2.05) is 6.08 Å². The Bertz CT molecular complexity index is 116. The molecule has 0 rings (SSSR count). The second-order valence-corrected chi connectivity index (χ2v) is 1.87. The van der Waals surface area contributed by atoms with Gasteiger partial charge in [0.1, 0.15) is 0 Å². The maximum absolute atomic E-state index is 3.67. The van der Waals surface area contributed by atoms with E-state index in [-0.39, 0.29) is 0 Å². The van der Waals surface area contributed by atoms with Gasteiger partial charge in [-0.25, -0.2) is 4.99 Å². The fraction of sp³-hybridized carbons (Fsp3) is 0.429. The van der Waals surface area contributed by atoms with Crippen molar-refractivity contribution < 1.29 is 0 Å². The summed E-state index contributed by atoms with van der Waals surface area (Å²) in [5.41, 5.74) is 0. The maximum Gasteiger partial charge on any atom is 0.0330 e. The van der Waals surface area contributed by atoms with Crippen LogP contribution in [-0.2, 0) is 0 Å². The van der Waals surface area contributed by atoms with Crippen molar-refractivity contribution in [3.8, 4) is 0 Å². The van der Waals surface area contributed by atoms with E-state index in [0.29, 0.717) is 5.92 Å². The minimum Gasteiger partial charge on any atom is -0.215 e. The summed E-state index contributed by atoms with van der Waals surface area (Å²) in [4.78, 5) is 3.67. The van der Waals surface area contributed by atoms with Crippen LogP contribution < -0.4 is 0 Å². The molecule has 0 heterocycles. The molecule has 0 aromatic carbocycles. The van der Waals surface area contributed by atoms with Crippen LogP contribution in [0.2, 0.25) is 0 Å². The van der Waals surface area contributed by atoms with Crippen molar-refractivity contribution in [3.05, 3.63) is 18.9 Å². The van der Waals surface area contributed by atoms with E-state index >= 15 is 0 Å². The highest BCUT2D eigenvalue weighted by molar-refractivity contribution is 5.47. The Morgan fingerprint density at radius 3 is 2.62 bits per heavy atom. The molecule has 0 bridgehead atoms. The summed E-state index contributed by atoms with van der Waals surface area (Å²) < 4.78 is 0. The van der Waals surface area contributed by atoms with E-state index < -0.39 is 0 Å². The molecule has 1 heteroatoms. The van der Waals surface area contributed by atoms with Gasteiger partial charge in [0.2, 0.25) is 0 Å². The lowest BCUT2D eigenvalue weighted by Gasteiger charge is -1.86. The van der Waals surface area contributed by atoms with Gasteiger partial charge in [-0.3, -0.25) is 0 Å². The molecule has 0 aromatic heterocycles. The molecule has 0 radical (unpaired) electrons. The van der Waals surface area contributed by atoms with Crippen molar-refractivity contribution in [2.24, 2.45) is 10.9 Å². The van der Waals surface area contributed by atoms with Gasteiger partial charge in [-0.2, -0.15) is 0 Å². The summed E-state index contributed by atoms with van der Waals surface area (Å²) >= 11 is 0. The zero-order valence-corrected chi connectivity index (χ0v) is 5.39. The van der Waals surface area contributed by atoms with E-state index in [4.69, 9.17) is 0 Å². The van der Waals surface area contributed by atoms with Crippen molar-refractivity contribution in [3.63, 3.8) is 0 Å². The first-order chi connectivity index (χ1) is 3.77. The van der Waals surface area contributed by atoms with Crippen molar-refractivity contribution in [1.82, 2.24) is 0 Å². The Balaban J connectivity index is 3.49. The second-order valence-electron chi connectivity index (χ2n) is 1.87. The molecule has 0 aromatic rings. The van der Waals surface area contributed by atoms with Gasteiger partial charge < -0.3 is 0 Å². The number of nitrogens with zero attached hydrogens (tertiary/aromatic N) is 1. The first-order valence-corrected chi connectivity index (χ1v) is 2.66. The zero-order chi connectivity index (χ0) is 6.41. The van der Waals surface area contributed by atoms with Crippen LogP contribution in [-0.4, -0.2) is 5.87 Å². The van der Waals surface area contributed by atoms with Gasteiger partial charge in [0.05, 0.1) is 0 Å². The molecule has 0 spiro atoms. The van der Waals surface area contributed by atoms with E-state index in [9.17, 15) is 0 Å². The van der Waals surface area contributed by atoms with Gasteiger partial charge in [0, 0.05) is 6.20 Å². The second kappa shape index (κ2) is 4.35. The van der Waals surface area contributed by atoms with E-state index in [2.05, 4.69) is 31.3 Å². The van der Waals surface area contributed by atoms with Gasteiger partial charge in [-0.15, -0.1) is 0 Å². The quantitative estimate of drug-likeness (QED) is 0.481. The monoisotopic (exact) mass is 109 g/mol. The Morgan fingerprint density at radius 2 is 2.25 bits per heavy atom. The Morgan fingerprint density at radius 1 is 1.62 bits per heavy atom. The molecule has 0 unspecified atom stereocenters. The number of allylic oxidation sites excluding steroid dienone is 1. The first-order valence-electron chi connectivity index (χ1n) is 2.66. The lowest BCUT2D eigenvalue weighted by molar-refractivity contribution is 0.829. The highest BCUT2D eigenvalue weighted by atomic mass is 14.6.